The zero-order valence-electron chi connectivity index (χ0n) is 15.8. The quantitative estimate of drug-likeness (QED) is 0.737. The van der Waals surface area contributed by atoms with Gasteiger partial charge < -0.3 is 9.64 Å². The molecule has 3 rings (SSSR count). The lowest BCUT2D eigenvalue weighted by atomic mass is 10.1. The first-order chi connectivity index (χ1) is 12.8. The number of carbonyl (C=O) groups is 1. The maximum atomic E-state index is 13.0. The van der Waals surface area contributed by atoms with Crippen LogP contribution in [0.15, 0.2) is 47.4 Å². The van der Waals surface area contributed by atoms with Gasteiger partial charge in [-0.25, -0.2) is 8.42 Å². The molecule has 0 bridgehead atoms. The first kappa shape index (κ1) is 19.4. The van der Waals surface area contributed by atoms with Crippen LogP contribution in [0.5, 0.6) is 5.75 Å². The second kappa shape index (κ2) is 7.70. The van der Waals surface area contributed by atoms with E-state index < -0.39 is 10.0 Å². The predicted molar refractivity (Wildman–Crippen MR) is 105 cm³/mol. The fraction of sp³-hybridized carbons (Fsp3) is 0.350. The number of Topliss-reactive ketones (excluding diaryl/α,β-unsaturated/α-hetero) is 1. The normalized spacial score (nSPS) is 15.6. The topological polar surface area (TPSA) is 66.9 Å². The molecule has 1 saturated heterocycles. The summed E-state index contributed by atoms with van der Waals surface area (Å²) in [6.07, 6.45) is 0. The minimum atomic E-state index is -3.55. The van der Waals surface area contributed by atoms with Crippen molar-refractivity contribution in [2.75, 3.05) is 38.2 Å². The first-order valence-electron chi connectivity index (χ1n) is 8.83. The molecule has 0 spiro atoms. The van der Waals surface area contributed by atoms with Crippen LogP contribution in [0.3, 0.4) is 0 Å². The second-order valence-electron chi connectivity index (χ2n) is 6.63. The molecule has 0 N–H and O–H groups in total. The number of carbonyl (C=O) groups excluding carboxylic acids is 1. The smallest absolute Gasteiger partial charge is 0.243 e. The van der Waals surface area contributed by atoms with Crippen LogP contribution >= 0.6 is 0 Å². The molecule has 0 radical (unpaired) electrons. The van der Waals surface area contributed by atoms with Crippen LogP contribution in [-0.2, 0) is 10.0 Å². The maximum Gasteiger partial charge on any atom is 0.243 e. The Kier molecular flexibility index (Phi) is 5.53. The molecule has 27 heavy (non-hydrogen) atoms. The van der Waals surface area contributed by atoms with E-state index in [1.54, 1.807) is 45.2 Å². The molecule has 0 aliphatic carbocycles. The lowest BCUT2D eigenvalue weighted by Crippen LogP contribution is -2.48. The lowest BCUT2D eigenvalue weighted by Gasteiger charge is -2.35. The van der Waals surface area contributed by atoms with Gasteiger partial charge in [-0.2, -0.15) is 4.31 Å². The predicted octanol–water partition coefficient (Wildman–Crippen LogP) is 2.72. The molecular weight excluding hydrogens is 364 g/mol. The van der Waals surface area contributed by atoms with Crippen LogP contribution in [0.4, 0.5) is 5.69 Å². The van der Waals surface area contributed by atoms with Crippen LogP contribution in [0.2, 0.25) is 0 Å². The molecule has 0 unspecified atom stereocenters. The first-order valence-corrected chi connectivity index (χ1v) is 10.3. The number of methoxy groups -OCH3 is 1. The molecule has 2 aromatic rings. The highest BCUT2D eigenvalue weighted by Crippen LogP contribution is 2.26. The minimum absolute atomic E-state index is 0.0213. The number of aryl methyl sites for hydroxylation is 1. The van der Waals surface area contributed by atoms with Gasteiger partial charge in [0.1, 0.15) is 5.75 Å². The van der Waals surface area contributed by atoms with Gasteiger partial charge in [-0.05, 0) is 49.7 Å². The number of benzene rings is 2. The summed E-state index contributed by atoms with van der Waals surface area (Å²) >= 11 is 0. The second-order valence-corrected chi connectivity index (χ2v) is 8.54. The van der Waals surface area contributed by atoms with E-state index >= 15 is 0 Å². The van der Waals surface area contributed by atoms with E-state index in [1.165, 1.54) is 4.31 Å². The third kappa shape index (κ3) is 3.99. The summed E-state index contributed by atoms with van der Waals surface area (Å²) in [6.45, 7) is 5.28. The largest absolute Gasteiger partial charge is 0.497 e. The number of rotatable bonds is 5. The molecule has 0 aromatic heterocycles. The highest BCUT2D eigenvalue weighted by Gasteiger charge is 2.29. The van der Waals surface area contributed by atoms with Crippen molar-refractivity contribution in [3.8, 4) is 5.75 Å². The Morgan fingerprint density at radius 2 is 1.74 bits per heavy atom. The van der Waals surface area contributed by atoms with Gasteiger partial charge in [-0.3, -0.25) is 4.79 Å². The molecule has 144 valence electrons. The molecule has 1 heterocycles. The van der Waals surface area contributed by atoms with Gasteiger partial charge in [0.25, 0.3) is 0 Å². The fourth-order valence-corrected chi connectivity index (χ4v) is 4.91. The Balaban J connectivity index is 1.75. The number of hydrogen-bond acceptors (Lipinski definition) is 5. The Bertz CT molecular complexity index is 948. The Morgan fingerprint density at radius 1 is 1.04 bits per heavy atom. The van der Waals surface area contributed by atoms with Gasteiger partial charge in [0.2, 0.25) is 10.0 Å². The van der Waals surface area contributed by atoms with Crippen molar-refractivity contribution in [3.05, 3.63) is 53.6 Å². The third-order valence-electron chi connectivity index (χ3n) is 4.86. The number of anilines is 1. The van der Waals surface area contributed by atoms with Gasteiger partial charge in [-0.1, -0.05) is 12.1 Å². The SMILES string of the molecule is COc1ccc(S(=O)(=O)N2CCN(c3cccc(C(C)=O)c3)CC2)c(C)c1. The molecule has 0 amide bonds. The summed E-state index contributed by atoms with van der Waals surface area (Å²) in [7, 11) is -1.99. The minimum Gasteiger partial charge on any atom is -0.497 e. The summed E-state index contributed by atoms with van der Waals surface area (Å²) in [4.78, 5) is 14.0. The van der Waals surface area contributed by atoms with Crippen LogP contribution < -0.4 is 9.64 Å². The van der Waals surface area contributed by atoms with Gasteiger partial charge >= 0.3 is 0 Å². The molecule has 1 aliphatic heterocycles. The summed E-state index contributed by atoms with van der Waals surface area (Å²) in [5, 5.41) is 0. The van der Waals surface area contributed by atoms with Crippen molar-refractivity contribution >= 4 is 21.5 Å². The van der Waals surface area contributed by atoms with Gasteiger partial charge in [0.15, 0.2) is 5.78 Å². The molecule has 0 saturated carbocycles. The molecule has 0 atom stereocenters. The number of piperazine rings is 1. The Hall–Kier alpha value is -2.38. The molecular formula is C20H24N2O4S. The number of sulfonamides is 1. The number of ketones is 1. The highest BCUT2D eigenvalue weighted by atomic mass is 32.2. The summed E-state index contributed by atoms with van der Waals surface area (Å²) in [6, 6.07) is 12.5. The molecule has 7 heteroatoms. The highest BCUT2D eigenvalue weighted by molar-refractivity contribution is 7.89. The van der Waals surface area contributed by atoms with Crippen molar-refractivity contribution in [2.45, 2.75) is 18.7 Å². The monoisotopic (exact) mass is 388 g/mol. The number of hydrogen-bond donors (Lipinski definition) is 0. The molecule has 2 aromatic carbocycles. The maximum absolute atomic E-state index is 13.0. The van der Waals surface area contributed by atoms with Crippen molar-refractivity contribution in [3.63, 3.8) is 0 Å². The number of ether oxygens (including phenoxy) is 1. The van der Waals surface area contributed by atoms with E-state index in [4.69, 9.17) is 4.74 Å². The standard InChI is InChI=1S/C20H24N2O4S/c1-15-13-19(26-3)7-8-20(15)27(24,25)22-11-9-21(10-12-22)18-6-4-5-17(14-18)16(2)23/h4-8,13-14H,9-12H2,1-3H3. The summed E-state index contributed by atoms with van der Waals surface area (Å²) < 4.78 is 32.7. The Labute approximate surface area is 160 Å². The number of nitrogens with zero attached hydrogens (tertiary/aromatic N) is 2. The van der Waals surface area contributed by atoms with E-state index in [0.29, 0.717) is 48.0 Å². The zero-order chi connectivity index (χ0) is 19.6. The average molecular weight is 388 g/mol. The van der Waals surface area contributed by atoms with Crippen molar-refractivity contribution in [2.24, 2.45) is 0 Å². The molecule has 1 aliphatic rings. The van der Waals surface area contributed by atoms with E-state index in [9.17, 15) is 13.2 Å². The average Bonchev–Trinajstić information content (AvgIpc) is 2.67. The van der Waals surface area contributed by atoms with Gasteiger partial charge in [-0.15, -0.1) is 0 Å². The Morgan fingerprint density at radius 3 is 2.33 bits per heavy atom. The van der Waals surface area contributed by atoms with Gasteiger partial charge in [0.05, 0.1) is 12.0 Å². The third-order valence-corrected chi connectivity index (χ3v) is 6.92. The van der Waals surface area contributed by atoms with Crippen LogP contribution in [0.25, 0.3) is 0 Å². The van der Waals surface area contributed by atoms with E-state index in [1.807, 2.05) is 18.2 Å². The van der Waals surface area contributed by atoms with Gasteiger partial charge in [0, 0.05) is 37.4 Å². The lowest BCUT2D eigenvalue weighted by molar-refractivity contribution is 0.101. The van der Waals surface area contributed by atoms with Crippen molar-refractivity contribution in [1.29, 1.82) is 0 Å². The van der Waals surface area contributed by atoms with Crippen LogP contribution in [0, 0.1) is 6.92 Å². The van der Waals surface area contributed by atoms with E-state index in [-0.39, 0.29) is 5.78 Å². The van der Waals surface area contributed by atoms with Crippen LogP contribution in [-0.4, -0.2) is 51.8 Å². The van der Waals surface area contributed by atoms with Crippen molar-refractivity contribution < 1.29 is 17.9 Å². The fourth-order valence-electron chi connectivity index (χ4n) is 3.29. The zero-order valence-corrected chi connectivity index (χ0v) is 16.6. The molecule has 1 fully saturated rings. The van der Waals surface area contributed by atoms with E-state index in [2.05, 4.69) is 4.90 Å². The summed E-state index contributed by atoms with van der Waals surface area (Å²) in [5.41, 5.74) is 2.28. The van der Waals surface area contributed by atoms with E-state index in [0.717, 1.165) is 5.69 Å². The summed E-state index contributed by atoms with van der Waals surface area (Å²) in [5.74, 6) is 0.662. The molecule has 6 nitrogen and oxygen atoms in total. The van der Waals surface area contributed by atoms with Crippen LogP contribution in [0.1, 0.15) is 22.8 Å². The van der Waals surface area contributed by atoms with Crippen molar-refractivity contribution in [1.82, 2.24) is 4.31 Å².